The zero-order valence-corrected chi connectivity index (χ0v) is 15.9. The maximum Gasteiger partial charge on any atom is 0.247 e. The van der Waals surface area contributed by atoms with E-state index in [-0.39, 0.29) is 18.9 Å². The van der Waals surface area contributed by atoms with Crippen molar-refractivity contribution in [3.8, 4) is 28.7 Å². The molecular weight excluding hydrogens is 362 g/mol. The molecule has 0 aliphatic carbocycles. The van der Waals surface area contributed by atoms with E-state index >= 15 is 0 Å². The van der Waals surface area contributed by atoms with Gasteiger partial charge in [0, 0.05) is 5.56 Å². The predicted octanol–water partition coefficient (Wildman–Crippen LogP) is 2.62. The smallest absolute Gasteiger partial charge is 0.247 e. The molecule has 0 radical (unpaired) electrons. The van der Waals surface area contributed by atoms with Crippen LogP contribution in [0, 0.1) is 0 Å². The first kappa shape index (κ1) is 19.2. The maximum absolute atomic E-state index is 12.2. The van der Waals surface area contributed by atoms with Gasteiger partial charge in [0.2, 0.25) is 17.7 Å². The minimum Gasteiger partial charge on any atom is -0.497 e. The molecule has 1 N–H and O–H groups in total. The highest BCUT2D eigenvalue weighted by Crippen LogP contribution is 2.27. The van der Waals surface area contributed by atoms with E-state index in [1.165, 1.54) is 0 Å². The monoisotopic (exact) mass is 383 g/mol. The van der Waals surface area contributed by atoms with Crippen molar-refractivity contribution in [2.75, 3.05) is 21.3 Å². The number of amides is 1. The normalized spacial score (nSPS) is 10.4. The van der Waals surface area contributed by atoms with Crippen LogP contribution in [0.2, 0.25) is 0 Å². The van der Waals surface area contributed by atoms with Gasteiger partial charge < -0.3 is 23.9 Å². The lowest BCUT2D eigenvalue weighted by atomic mass is 10.1. The zero-order valence-electron chi connectivity index (χ0n) is 15.9. The molecule has 8 heteroatoms. The molecule has 0 aliphatic heterocycles. The van der Waals surface area contributed by atoms with Gasteiger partial charge in [-0.15, -0.1) is 10.2 Å². The fourth-order valence-corrected chi connectivity index (χ4v) is 2.61. The van der Waals surface area contributed by atoms with Crippen molar-refractivity contribution in [1.82, 2.24) is 15.5 Å². The van der Waals surface area contributed by atoms with Crippen molar-refractivity contribution in [2.24, 2.45) is 0 Å². The molecule has 0 saturated heterocycles. The Bertz CT molecular complexity index is 955. The third-order valence-electron chi connectivity index (χ3n) is 4.03. The fraction of sp³-hybridized carbons (Fsp3) is 0.250. The van der Waals surface area contributed by atoms with Gasteiger partial charge in [0.25, 0.3) is 0 Å². The Morgan fingerprint density at radius 3 is 2.57 bits per heavy atom. The Hall–Kier alpha value is -3.55. The molecule has 3 rings (SSSR count). The topological polar surface area (TPSA) is 95.7 Å². The Kier molecular flexibility index (Phi) is 6.11. The molecule has 0 saturated carbocycles. The summed E-state index contributed by atoms with van der Waals surface area (Å²) in [5.74, 6) is 2.39. The molecule has 0 fully saturated rings. The molecular formula is C20H21N3O5. The van der Waals surface area contributed by atoms with Crippen LogP contribution in [0.4, 0.5) is 0 Å². The van der Waals surface area contributed by atoms with Gasteiger partial charge in [-0.05, 0) is 35.9 Å². The third kappa shape index (κ3) is 4.59. The molecule has 0 aliphatic rings. The first-order chi connectivity index (χ1) is 13.6. The van der Waals surface area contributed by atoms with Crippen LogP contribution in [0.15, 0.2) is 46.9 Å². The number of methoxy groups -OCH3 is 3. The Morgan fingerprint density at radius 2 is 1.82 bits per heavy atom. The second-order valence-corrected chi connectivity index (χ2v) is 5.88. The van der Waals surface area contributed by atoms with Crippen LogP contribution < -0.4 is 19.5 Å². The number of rotatable bonds is 8. The van der Waals surface area contributed by atoms with Crippen molar-refractivity contribution >= 4 is 5.91 Å². The van der Waals surface area contributed by atoms with Gasteiger partial charge >= 0.3 is 0 Å². The van der Waals surface area contributed by atoms with Crippen LogP contribution in [-0.4, -0.2) is 37.4 Å². The van der Waals surface area contributed by atoms with Gasteiger partial charge in [-0.25, -0.2) is 0 Å². The largest absolute Gasteiger partial charge is 0.497 e. The third-order valence-corrected chi connectivity index (χ3v) is 4.03. The van der Waals surface area contributed by atoms with Crippen LogP contribution >= 0.6 is 0 Å². The molecule has 0 unspecified atom stereocenters. The summed E-state index contributed by atoms with van der Waals surface area (Å²) in [6.07, 6.45) is 0.192. The highest BCUT2D eigenvalue weighted by Gasteiger charge is 2.12. The van der Waals surface area contributed by atoms with Gasteiger partial charge in [0.1, 0.15) is 5.75 Å². The highest BCUT2D eigenvalue weighted by molar-refractivity contribution is 5.78. The summed E-state index contributed by atoms with van der Waals surface area (Å²) in [4.78, 5) is 12.2. The number of benzene rings is 2. The summed E-state index contributed by atoms with van der Waals surface area (Å²) in [6.45, 7) is 0.142. The standard InChI is InChI=1S/C20H21N3O5/c1-25-15-6-4-5-14(11-15)20-23-22-19(28-20)12-21-18(24)10-13-7-8-16(26-2)17(9-13)27-3/h4-9,11H,10,12H2,1-3H3,(H,21,24). The van der Waals surface area contributed by atoms with Gasteiger partial charge in [-0.3, -0.25) is 4.79 Å². The van der Waals surface area contributed by atoms with Crippen molar-refractivity contribution in [3.05, 3.63) is 53.9 Å². The van der Waals surface area contributed by atoms with E-state index in [0.29, 0.717) is 29.0 Å². The highest BCUT2D eigenvalue weighted by atomic mass is 16.5. The zero-order chi connectivity index (χ0) is 19.9. The molecule has 2 aromatic carbocycles. The van der Waals surface area contributed by atoms with Crippen LogP contribution in [0.3, 0.4) is 0 Å². The number of aromatic nitrogens is 2. The van der Waals surface area contributed by atoms with E-state index in [4.69, 9.17) is 18.6 Å². The number of carbonyl (C=O) groups excluding carboxylic acids is 1. The summed E-state index contributed by atoms with van der Waals surface area (Å²) >= 11 is 0. The minimum absolute atomic E-state index is 0.142. The summed E-state index contributed by atoms with van der Waals surface area (Å²) in [6, 6.07) is 12.7. The van der Waals surface area contributed by atoms with E-state index in [0.717, 1.165) is 11.1 Å². The molecule has 8 nitrogen and oxygen atoms in total. The quantitative estimate of drug-likeness (QED) is 0.639. The Balaban J connectivity index is 1.58. The minimum atomic E-state index is -0.173. The number of nitrogens with one attached hydrogen (secondary N) is 1. The van der Waals surface area contributed by atoms with Crippen molar-refractivity contribution < 1.29 is 23.4 Å². The molecule has 0 spiro atoms. The average molecular weight is 383 g/mol. The second kappa shape index (κ2) is 8.90. The molecule has 0 atom stereocenters. The van der Waals surface area contributed by atoms with Gasteiger partial charge in [-0.1, -0.05) is 12.1 Å². The van der Waals surface area contributed by atoms with Crippen LogP contribution in [0.25, 0.3) is 11.5 Å². The molecule has 0 bridgehead atoms. The number of ether oxygens (including phenoxy) is 3. The van der Waals surface area contributed by atoms with Gasteiger partial charge in [0.15, 0.2) is 11.5 Å². The maximum atomic E-state index is 12.2. The van der Waals surface area contributed by atoms with E-state index in [1.54, 1.807) is 39.5 Å². The summed E-state index contributed by atoms with van der Waals surface area (Å²) < 4.78 is 21.2. The van der Waals surface area contributed by atoms with Crippen molar-refractivity contribution in [3.63, 3.8) is 0 Å². The first-order valence-electron chi connectivity index (χ1n) is 8.57. The lowest BCUT2D eigenvalue weighted by Gasteiger charge is -2.09. The molecule has 1 amide bonds. The van der Waals surface area contributed by atoms with Crippen LogP contribution in [0.5, 0.6) is 17.2 Å². The number of hydrogen-bond donors (Lipinski definition) is 1. The second-order valence-electron chi connectivity index (χ2n) is 5.88. The Labute approximate surface area is 162 Å². The van der Waals surface area contributed by atoms with Crippen molar-refractivity contribution in [1.29, 1.82) is 0 Å². The first-order valence-corrected chi connectivity index (χ1v) is 8.57. The van der Waals surface area contributed by atoms with Gasteiger partial charge in [0.05, 0.1) is 34.3 Å². The van der Waals surface area contributed by atoms with E-state index < -0.39 is 0 Å². The summed E-state index contributed by atoms with van der Waals surface area (Å²) in [5.41, 5.74) is 1.55. The lowest BCUT2D eigenvalue weighted by molar-refractivity contribution is -0.120. The number of hydrogen-bond acceptors (Lipinski definition) is 7. The van der Waals surface area contributed by atoms with E-state index in [2.05, 4.69) is 15.5 Å². The number of nitrogens with zero attached hydrogens (tertiary/aromatic N) is 2. The van der Waals surface area contributed by atoms with Gasteiger partial charge in [-0.2, -0.15) is 0 Å². The SMILES string of the molecule is COc1cccc(-c2nnc(CNC(=O)Cc3ccc(OC)c(OC)c3)o2)c1. The molecule has 3 aromatic rings. The molecule has 146 valence electrons. The van der Waals surface area contributed by atoms with Crippen LogP contribution in [-0.2, 0) is 17.8 Å². The fourth-order valence-electron chi connectivity index (χ4n) is 2.61. The van der Waals surface area contributed by atoms with Crippen molar-refractivity contribution in [2.45, 2.75) is 13.0 Å². The lowest BCUT2D eigenvalue weighted by Crippen LogP contribution is -2.24. The molecule has 28 heavy (non-hydrogen) atoms. The summed E-state index contributed by atoms with van der Waals surface area (Å²) in [5, 5.41) is 10.7. The molecule has 1 aromatic heterocycles. The average Bonchev–Trinajstić information content (AvgIpc) is 3.21. The van der Waals surface area contributed by atoms with Crippen LogP contribution in [0.1, 0.15) is 11.5 Å². The summed E-state index contributed by atoms with van der Waals surface area (Å²) in [7, 11) is 4.71. The predicted molar refractivity (Wildman–Crippen MR) is 101 cm³/mol. The number of carbonyl (C=O) groups is 1. The van der Waals surface area contributed by atoms with E-state index in [9.17, 15) is 4.79 Å². The molecule has 1 heterocycles. The Morgan fingerprint density at radius 1 is 1.00 bits per heavy atom. The van der Waals surface area contributed by atoms with E-state index in [1.807, 2.05) is 24.3 Å².